The molecule has 2 amide bonds. The molecule has 2 aliphatic heterocycles. The fraction of sp³-hybridized carbons (Fsp3) is 0.591. The fourth-order valence-electron chi connectivity index (χ4n) is 4.20. The SMILES string of the molecule is Cc1ccc2nc(CSCC(=O)N3CCCN(CC(=O)N4CCCC4)CC3)cn2c1. The molecule has 0 unspecified atom stereocenters. The topological polar surface area (TPSA) is 61.2 Å². The monoisotopic (exact) mass is 429 g/mol. The predicted octanol–water partition coefficient (Wildman–Crippen LogP) is 2.03. The first kappa shape index (κ1) is 21.2. The highest BCUT2D eigenvalue weighted by Crippen LogP contribution is 2.15. The van der Waals surface area contributed by atoms with Crippen molar-refractivity contribution in [3.63, 3.8) is 0 Å². The van der Waals surface area contributed by atoms with Gasteiger partial charge in [-0.05, 0) is 37.8 Å². The van der Waals surface area contributed by atoms with E-state index in [1.165, 1.54) is 5.56 Å². The summed E-state index contributed by atoms with van der Waals surface area (Å²) in [6, 6.07) is 4.08. The molecule has 4 rings (SSSR count). The van der Waals surface area contributed by atoms with E-state index in [-0.39, 0.29) is 11.8 Å². The zero-order valence-corrected chi connectivity index (χ0v) is 18.6. The minimum atomic E-state index is 0.187. The van der Waals surface area contributed by atoms with Crippen LogP contribution in [0.5, 0.6) is 0 Å². The Bertz CT molecular complexity index is 893. The predicted molar refractivity (Wildman–Crippen MR) is 120 cm³/mol. The van der Waals surface area contributed by atoms with Crippen LogP contribution >= 0.6 is 11.8 Å². The second-order valence-corrected chi connectivity index (χ2v) is 9.28. The summed E-state index contributed by atoms with van der Waals surface area (Å²) in [4.78, 5) is 35.8. The van der Waals surface area contributed by atoms with Crippen LogP contribution < -0.4 is 0 Å². The largest absolute Gasteiger partial charge is 0.342 e. The van der Waals surface area contributed by atoms with Gasteiger partial charge in [-0.3, -0.25) is 14.5 Å². The number of carbonyl (C=O) groups excluding carboxylic acids is 2. The van der Waals surface area contributed by atoms with E-state index in [1.807, 2.05) is 26.5 Å². The summed E-state index contributed by atoms with van der Waals surface area (Å²) in [6.45, 7) is 7.52. The number of aromatic nitrogens is 2. The molecule has 7 nitrogen and oxygen atoms in total. The summed E-state index contributed by atoms with van der Waals surface area (Å²) in [5, 5.41) is 0. The minimum Gasteiger partial charge on any atom is -0.342 e. The van der Waals surface area contributed by atoms with E-state index >= 15 is 0 Å². The molecule has 2 aromatic heterocycles. The molecule has 0 aromatic carbocycles. The highest BCUT2D eigenvalue weighted by Gasteiger charge is 2.23. The van der Waals surface area contributed by atoms with Crippen LogP contribution in [0.1, 0.15) is 30.5 Å². The van der Waals surface area contributed by atoms with Gasteiger partial charge in [-0.25, -0.2) is 4.98 Å². The Labute approximate surface area is 182 Å². The fourth-order valence-corrected chi connectivity index (χ4v) is 5.00. The van der Waals surface area contributed by atoms with Crippen molar-refractivity contribution in [1.82, 2.24) is 24.1 Å². The van der Waals surface area contributed by atoms with E-state index in [9.17, 15) is 9.59 Å². The summed E-state index contributed by atoms with van der Waals surface area (Å²) in [5.41, 5.74) is 3.14. The summed E-state index contributed by atoms with van der Waals surface area (Å²) in [5.74, 6) is 1.63. The Kier molecular flexibility index (Phi) is 6.94. The highest BCUT2D eigenvalue weighted by atomic mass is 32.2. The van der Waals surface area contributed by atoms with E-state index in [0.29, 0.717) is 18.8 Å². The van der Waals surface area contributed by atoms with Gasteiger partial charge in [0.2, 0.25) is 11.8 Å². The molecule has 0 bridgehead atoms. The average molecular weight is 430 g/mol. The third-order valence-electron chi connectivity index (χ3n) is 5.88. The van der Waals surface area contributed by atoms with E-state index < -0.39 is 0 Å². The zero-order valence-electron chi connectivity index (χ0n) is 17.8. The molecule has 162 valence electrons. The third-order valence-corrected chi connectivity index (χ3v) is 6.83. The third kappa shape index (κ3) is 5.35. The number of carbonyl (C=O) groups is 2. The van der Waals surface area contributed by atoms with Gasteiger partial charge in [0.05, 0.1) is 18.0 Å². The number of hydrogen-bond donors (Lipinski definition) is 0. The molecular weight excluding hydrogens is 398 g/mol. The smallest absolute Gasteiger partial charge is 0.236 e. The number of nitrogens with zero attached hydrogens (tertiary/aromatic N) is 5. The second kappa shape index (κ2) is 9.83. The highest BCUT2D eigenvalue weighted by molar-refractivity contribution is 7.99. The van der Waals surface area contributed by atoms with Crippen molar-refractivity contribution in [2.45, 2.75) is 31.9 Å². The standard InChI is InChI=1S/C22H31N5O2S/c1-18-5-6-20-23-19(14-27(20)13-18)16-30-17-22(29)26-10-4-7-24(11-12-26)15-21(28)25-8-2-3-9-25/h5-6,13-14H,2-4,7-12,15-17H2,1H3. The van der Waals surface area contributed by atoms with Crippen molar-refractivity contribution in [2.75, 3.05) is 51.6 Å². The molecule has 2 aromatic rings. The number of amides is 2. The summed E-state index contributed by atoms with van der Waals surface area (Å²) in [7, 11) is 0. The van der Waals surface area contributed by atoms with Gasteiger partial charge in [-0.15, -0.1) is 11.8 Å². The van der Waals surface area contributed by atoms with Gasteiger partial charge in [-0.1, -0.05) is 6.07 Å². The molecule has 0 N–H and O–H groups in total. The number of fused-ring (bicyclic) bond motifs is 1. The summed E-state index contributed by atoms with van der Waals surface area (Å²) < 4.78 is 2.04. The lowest BCUT2D eigenvalue weighted by molar-refractivity contribution is -0.131. The van der Waals surface area contributed by atoms with Crippen molar-refractivity contribution in [3.05, 3.63) is 35.8 Å². The Balaban J connectivity index is 1.21. The molecule has 0 aliphatic carbocycles. The van der Waals surface area contributed by atoms with Crippen molar-refractivity contribution in [1.29, 1.82) is 0 Å². The molecule has 2 fully saturated rings. The first-order chi connectivity index (χ1) is 14.6. The van der Waals surface area contributed by atoms with Gasteiger partial charge < -0.3 is 14.2 Å². The van der Waals surface area contributed by atoms with E-state index in [4.69, 9.17) is 0 Å². The molecule has 0 radical (unpaired) electrons. The molecular formula is C22H31N5O2S. The van der Waals surface area contributed by atoms with Crippen LogP contribution in [-0.4, -0.2) is 87.5 Å². The maximum Gasteiger partial charge on any atom is 0.236 e. The number of thioether (sulfide) groups is 1. The van der Waals surface area contributed by atoms with E-state index in [0.717, 1.165) is 69.1 Å². The van der Waals surface area contributed by atoms with Crippen molar-refractivity contribution < 1.29 is 9.59 Å². The lowest BCUT2D eigenvalue weighted by Gasteiger charge is -2.24. The van der Waals surface area contributed by atoms with Crippen LogP contribution in [0.15, 0.2) is 24.5 Å². The van der Waals surface area contributed by atoms with Gasteiger partial charge in [-0.2, -0.15) is 0 Å². The van der Waals surface area contributed by atoms with E-state index in [2.05, 4.69) is 29.1 Å². The lowest BCUT2D eigenvalue weighted by atomic mass is 10.3. The number of hydrogen-bond acceptors (Lipinski definition) is 5. The number of rotatable bonds is 6. The summed E-state index contributed by atoms with van der Waals surface area (Å²) >= 11 is 1.62. The van der Waals surface area contributed by atoms with Gasteiger partial charge in [0.1, 0.15) is 5.65 Å². The summed E-state index contributed by atoms with van der Waals surface area (Å²) in [6.07, 6.45) is 7.29. The molecule has 4 heterocycles. The normalized spacial score (nSPS) is 18.2. The Morgan fingerprint density at radius 3 is 2.53 bits per heavy atom. The van der Waals surface area contributed by atoms with Crippen molar-refractivity contribution >= 4 is 29.2 Å². The number of likely N-dealkylation sites (tertiary alicyclic amines) is 1. The average Bonchev–Trinajstić information content (AvgIpc) is 3.34. The van der Waals surface area contributed by atoms with Gasteiger partial charge in [0, 0.05) is 57.4 Å². The molecule has 0 atom stereocenters. The van der Waals surface area contributed by atoms with Crippen LogP contribution in [0.2, 0.25) is 0 Å². The first-order valence-corrected chi connectivity index (χ1v) is 12.0. The maximum absolute atomic E-state index is 12.7. The van der Waals surface area contributed by atoms with Gasteiger partial charge in [0.15, 0.2) is 0 Å². The Hall–Kier alpha value is -2.06. The van der Waals surface area contributed by atoms with Crippen LogP contribution in [0.25, 0.3) is 5.65 Å². The van der Waals surface area contributed by atoms with Gasteiger partial charge in [0.25, 0.3) is 0 Å². The molecule has 0 saturated carbocycles. The lowest BCUT2D eigenvalue weighted by Crippen LogP contribution is -2.41. The molecule has 2 aliphatic rings. The number of aryl methyl sites for hydroxylation is 1. The quantitative estimate of drug-likeness (QED) is 0.703. The maximum atomic E-state index is 12.7. The molecule has 0 spiro atoms. The Morgan fingerprint density at radius 2 is 1.70 bits per heavy atom. The Morgan fingerprint density at radius 1 is 0.933 bits per heavy atom. The second-order valence-electron chi connectivity index (χ2n) is 8.30. The molecule has 2 saturated heterocycles. The first-order valence-electron chi connectivity index (χ1n) is 10.9. The van der Waals surface area contributed by atoms with Crippen molar-refractivity contribution in [3.8, 4) is 0 Å². The molecule has 30 heavy (non-hydrogen) atoms. The van der Waals surface area contributed by atoms with Crippen LogP contribution in [0, 0.1) is 6.92 Å². The molecule has 8 heteroatoms. The number of imidazole rings is 1. The van der Waals surface area contributed by atoms with Gasteiger partial charge >= 0.3 is 0 Å². The van der Waals surface area contributed by atoms with Crippen LogP contribution in [0.4, 0.5) is 0 Å². The number of pyridine rings is 1. The van der Waals surface area contributed by atoms with E-state index in [1.54, 1.807) is 11.8 Å². The minimum absolute atomic E-state index is 0.187. The van der Waals surface area contributed by atoms with Crippen LogP contribution in [0.3, 0.4) is 0 Å². The van der Waals surface area contributed by atoms with Crippen molar-refractivity contribution in [2.24, 2.45) is 0 Å². The van der Waals surface area contributed by atoms with Crippen LogP contribution in [-0.2, 0) is 15.3 Å². The zero-order chi connectivity index (χ0) is 20.9.